The molecule has 1 aliphatic rings. The summed E-state index contributed by atoms with van der Waals surface area (Å²) in [6.45, 7) is 2.05. The minimum Gasteiger partial charge on any atom is -0.464 e. The first-order valence-electron chi connectivity index (χ1n) is 8.66. The normalized spacial score (nSPS) is 16.2. The third kappa shape index (κ3) is 3.73. The Bertz CT molecular complexity index is 733. The Balaban J connectivity index is 1.78. The summed E-state index contributed by atoms with van der Waals surface area (Å²) >= 11 is 0. The molecule has 0 unspecified atom stereocenters. The molecule has 1 heterocycles. The van der Waals surface area contributed by atoms with Gasteiger partial charge >= 0.3 is 5.97 Å². The number of nitrogens with one attached hydrogen (secondary N) is 1. The molecule has 1 N–H and O–H groups in total. The molecule has 0 radical (unpaired) electrons. The van der Waals surface area contributed by atoms with Crippen molar-refractivity contribution in [2.45, 2.75) is 44.6 Å². The van der Waals surface area contributed by atoms with Crippen molar-refractivity contribution < 1.29 is 18.8 Å². The molecule has 2 aromatic rings. The topological polar surface area (TPSA) is 81.4 Å². The lowest BCUT2D eigenvalue weighted by atomic mass is 9.81. The number of benzene rings is 1. The van der Waals surface area contributed by atoms with Gasteiger partial charge in [0.15, 0.2) is 0 Å². The number of carbonyl (C=O) groups excluding carboxylic acids is 2. The van der Waals surface area contributed by atoms with Crippen molar-refractivity contribution in [1.82, 2.24) is 10.5 Å². The van der Waals surface area contributed by atoms with E-state index in [4.69, 9.17) is 9.26 Å². The molecule has 0 atom stereocenters. The maximum Gasteiger partial charge on any atom is 0.331 e. The highest BCUT2D eigenvalue weighted by molar-refractivity contribution is 5.96. The van der Waals surface area contributed by atoms with Crippen LogP contribution in [0.15, 0.2) is 40.9 Å². The van der Waals surface area contributed by atoms with Gasteiger partial charge in [0.25, 0.3) is 5.91 Å². The third-order valence-electron chi connectivity index (χ3n) is 4.53. The fraction of sp³-hybridized carbons (Fsp3) is 0.421. The fourth-order valence-electron chi connectivity index (χ4n) is 3.21. The van der Waals surface area contributed by atoms with Gasteiger partial charge in [-0.2, -0.15) is 0 Å². The minimum atomic E-state index is -0.967. The number of nitrogens with zero attached hydrogens (tertiary/aromatic N) is 1. The number of aromatic nitrogens is 1. The van der Waals surface area contributed by atoms with E-state index in [-0.39, 0.29) is 18.3 Å². The van der Waals surface area contributed by atoms with Crippen LogP contribution in [-0.4, -0.2) is 29.2 Å². The molecule has 0 bridgehead atoms. The van der Waals surface area contributed by atoms with Crippen LogP contribution in [0.4, 0.5) is 0 Å². The monoisotopic (exact) mass is 342 g/mol. The summed E-state index contributed by atoms with van der Waals surface area (Å²) < 4.78 is 10.4. The smallest absolute Gasteiger partial charge is 0.331 e. The lowest BCUT2D eigenvalue weighted by Crippen LogP contribution is -2.56. The van der Waals surface area contributed by atoms with Gasteiger partial charge in [-0.25, -0.2) is 4.79 Å². The molecule has 6 nitrogen and oxygen atoms in total. The zero-order valence-electron chi connectivity index (χ0n) is 14.3. The van der Waals surface area contributed by atoms with E-state index < -0.39 is 11.4 Å². The van der Waals surface area contributed by atoms with E-state index in [1.807, 2.05) is 30.3 Å². The average molecular weight is 342 g/mol. The van der Waals surface area contributed by atoms with Crippen molar-refractivity contribution in [3.63, 3.8) is 0 Å². The molecular weight excluding hydrogens is 320 g/mol. The molecule has 1 saturated carbocycles. The van der Waals surface area contributed by atoms with Crippen molar-refractivity contribution in [3.8, 4) is 11.3 Å². The Morgan fingerprint density at radius 1 is 1.20 bits per heavy atom. The fourth-order valence-corrected chi connectivity index (χ4v) is 3.21. The number of hydrogen-bond acceptors (Lipinski definition) is 5. The highest BCUT2D eigenvalue weighted by Crippen LogP contribution is 2.30. The van der Waals surface area contributed by atoms with E-state index in [2.05, 4.69) is 10.5 Å². The molecule has 1 aromatic carbocycles. The molecule has 0 spiro atoms. The van der Waals surface area contributed by atoms with Crippen LogP contribution in [0.1, 0.15) is 49.6 Å². The Kier molecular flexibility index (Phi) is 5.16. The van der Waals surface area contributed by atoms with Gasteiger partial charge in [0.05, 0.1) is 6.61 Å². The molecule has 1 fully saturated rings. The van der Waals surface area contributed by atoms with E-state index in [0.29, 0.717) is 18.5 Å². The van der Waals surface area contributed by atoms with Gasteiger partial charge in [0.2, 0.25) is 5.76 Å². The summed E-state index contributed by atoms with van der Waals surface area (Å²) in [5, 5.41) is 6.80. The van der Waals surface area contributed by atoms with Crippen molar-refractivity contribution in [2.24, 2.45) is 0 Å². The van der Waals surface area contributed by atoms with E-state index >= 15 is 0 Å². The highest BCUT2D eigenvalue weighted by atomic mass is 16.5. The van der Waals surface area contributed by atoms with Crippen LogP contribution in [0.25, 0.3) is 11.3 Å². The second-order valence-corrected chi connectivity index (χ2v) is 6.26. The molecule has 1 aliphatic carbocycles. The molecule has 3 rings (SSSR count). The summed E-state index contributed by atoms with van der Waals surface area (Å²) in [5.41, 5.74) is 0.480. The molecule has 1 amide bonds. The van der Waals surface area contributed by atoms with Gasteiger partial charge < -0.3 is 14.6 Å². The van der Waals surface area contributed by atoms with Crippen LogP contribution in [0.5, 0.6) is 0 Å². The van der Waals surface area contributed by atoms with Crippen molar-refractivity contribution in [2.75, 3.05) is 6.61 Å². The lowest BCUT2D eigenvalue weighted by molar-refractivity contribution is -0.152. The van der Waals surface area contributed by atoms with Gasteiger partial charge in [-0.1, -0.05) is 54.8 Å². The average Bonchev–Trinajstić information content (AvgIpc) is 3.14. The van der Waals surface area contributed by atoms with Crippen molar-refractivity contribution in [1.29, 1.82) is 0 Å². The summed E-state index contributed by atoms with van der Waals surface area (Å²) in [4.78, 5) is 25.0. The Morgan fingerprint density at radius 3 is 2.60 bits per heavy atom. The molecule has 6 heteroatoms. The molecule has 0 aliphatic heterocycles. The molecule has 132 valence electrons. The van der Waals surface area contributed by atoms with Crippen LogP contribution in [0, 0.1) is 0 Å². The Labute approximate surface area is 146 Å². The van der Waals surface area contributed by atoms with Gasteiger partial charge in [0, 0.05) is 11.6 Å². The van der Waals surface area contributed by atoms with Crippen molar-refractivity contribution in [3.05, 3.63) is 42.2 Å². The zero-order chi connectivity index (χ0) is 17.7. The van der Waals surface area contributed by atoms with E-state index in [0.717, 1.165) is 24.8 Å². The van der Waals surface area contributed by atoms with Gasteiger partial charge in [-0.3, -0.25) is 4.79 Å². The SMILES string of the molecule is CCOC(=O)C1(NC(=O)c2cc(-c3ccccc3)no2)CCCCC1. The maximum absolute atomic E-state index is 12.6. The molecule has 1 aromatic heterocycles. The van der Waals surface area contributed by atoms with Crippen LogP contribution < -0.4 is 5.32 Å². The van der Waals surface area contributed by atoms with E-state index in [1.54, 1.807) is 13.0 Å². The third-order valence-corrected chi connectivity index (χ3v) is 4.53. The standard InChI is InChI=1S/C19H22N2O4/c1-2-24-18(23)19(11-7-4-8-12-19)20-17(22)16-13-15(21-25-16)14-9-5-3-6-10-14/h3,5-6,9-10,13H,2,4,7-8,11-12H2,1H3,(H,20,22). The summed E-state index contributed by atoms with van der Waals surface area (Å²) in [6.07, 6.45) is 3.97. The van der Waals surface area contributed by atoms with Crippen LogP contribution in [0.2, 0.25) is 0 Å². The second kappa shape index (κ2) is 7.51. The summed E-state index contributed by atoms with van der Waals surface area (Å²) in [5.74, 6) is -0.719. The van der Waals surface area contributed by atoms with Crippen LogP contribution >= 0.6 is 0 Å². The number of esters is 1. The van der Waals surface area contributed by atoms with E-state index in [9.17, 15) is 9.59 Å². The first kappa shape index (κ1) is 17.2. The minimum absolute atomic E-state index is 0.0908. The number of amides is 1. The van der Waals surface area contributed by atoms with Crippen LogP contribution in [-0.2, 0) is 9.53 Å². The predicted octanol–water partition coefficient (Wildman–Crippen LogP) is 3.34. The first-order chi connectivity index (χ1) is 12.1. The zero-order valence-corrected chi connectivity index (χ0v) is 14.3. The highest BCUT2D eigenvalue weighted by Gasteiger charge is 2.43. The lowest BCUT2D eigenvalue weighted by Gasteiger charge is -2.35. The number of rotatable bonds is 5. The predicted molar refractivity (Wildman–Crippen MR) is 91.9 cm³/mol. The molecule has 25 heavy (non-hydrogen) atoms. The second-order valence-electron chi connectivity index (χ2n) is 6.26. The van der Waals surface area contributed by atoms with Gasteiger partial charge in [-0.05, 0) is 19.8 Å². The number of carbonyl (C=O) groups is 2. The van der Waals surface area contributed by atoms with Gasteiger partial charge in [0.1, 0.15) is 11.2 Å². The summed E-state index contributed by atoms with van der Waals surface area (Å²) in [7, 11) is 0. The van der Waals surface area contributed by atoms with Crippen LogP contribution in [0.3, 0.4) is 0 Å². The van der Waals surface area contributed by atoms with Crippen molar-refractivity contribution >= 4 is 11.9 Å². The maximum atomic E-state index is 12.6. The molecular formula is C19H22N2O4. The molecule has 0 saturated heterocycles. The Hall–Kier alpha value is -2.63. The first-order valence-corrected chi connectivity index (χ1v) is 8.66. The quantitative estimate of drug-likeness (QED) is 0.843. The number of hydrogen-bond donors (Lipinski definition) is 1. The van der Waals surface area contributed by atoms with Gasteiger partial charge in [-0.15, -0.1) is 0 Å². The van der Waals surface area contributed by atoms with E-state index in [1.165, 1.54) is 0 Å². The Morgan fingerprint density at radius 2 is 1.92 bits per heavy atom. The largest absolute Gasteiger partial charge is 0.464 e. The number of ether oxygens (including phenoxy) is 1. The summed E-state index contributed by atoms with van der Waals surface area (Å²) in [6, 6.07) is 11.1.